The largest absolute Gasteiger partial charge is 0.458 e. The quantitative estimate of drug-likeness (QED) is 0.654. The maximum absolute atomic E-state index is 5.26. The molecule has 0 aliphatic carbocycles. The number of aryl methyl sites for hydroxylation is 1. The third-order valence-electron chi connectivity index (χ3n) is 1.30. The molecule has 0 spiro atoms. The van der Waals surface area contributed by atoms with Gasteiger partial charge in [-0.15, -0.1) is 0 Å². The lowest BCUT2D eigenvalue weighted by Crippen LogP contribution is -1.53. The summed E-state index contributed by atoms with van der Waals surface area (Å²) in [6, 6.07) is 3.67. The van der Waals surface area contributed by atoms with E-state index in [-0.39, 0.29) is 0 Å². The van der Waals surface area contributed by atoms with Crippen LogP contribution in [0.3, 0.4) is 0 Å². The first-order valence-electron chi connectivity index (χ1n) is 2.91. The fourth-order valence-electron chi connectivity index (χ4n) is 0.927. The van der Waals surface area contributed by atoms with Crippen molar-refractivity contribution in [3.05, 3.63) is 22.6 Å². The molecular weight excluding hydrogens is 196 g/mol. The van der Waals surface area contributed by atoms with Crippen LogP contribution in [0.1, 0.15) is 5.76 Å². The Morgan fingerprint density at radius 1 is 1.20 bits per heavy atom. The number of hydrogen-bond donors (Lipinski definition) is 0. The monoisotopic (exact) mass is 200 g/mol. The molecule has 0 aliphatic rings. The predicted molar refractivity (Wildman–Crippen MR) is 40.9 cm³/mol. The van der Waals surface area contributed by atoms with E-state index >= 15 is 0 Å². The lowest BCUT2D eigenvalue weighted by Gasteiger charge is -1.75. The van der Waals surface area contributed by atoms with Gasteiger partial charge in [0.15, 0.2) is 15.8 Å². The van der Waals surface area contributed by atoms with Crippen LogP contribution in [0, 0.1) is 6.92 Å². The summed E-state index contributed by atoms with van der Waals surface area (Å²) >= 11 is 3.20. The van der Waals surface area contributed by atoms with Crippen LogP contribution in [0.5, 0.6) is 0 Å². The Labute approximate surface area is 65.9 Å². The minimum atomic E-state index is 0.709. The van der Waals surface area contributed by atoms with E-state index in [0.29, 0.717) is 4.67 Å². The molecule has 0 bridgehead atoms. The lowest BCUT2D eigenvalue weighted by atomic mass is 10.5. The molecule has 2 rings (SSSR count). The van der Waals surface area contributed by atoms with Gasteiger partial charge in [0.25, 0.3) is 0 Å². The van der Waals surface area contributed by atoms with Gasteiger partial charge in [0.05, 0.1) is 0 Å². The van der Waals surface area contributed by atoms with Crippen LogP contribution in [-0.2, 0) is 0 Å². The highest BCUT2D eigenvalue weighted by atomic mass is 79.9. The molecule has 2 aromatic rings. The lowest BCUT2D eigenvalue weighted by molar-refractivity contribution is 0.578. The van der Waals surface area contributed by atoms with Crippen LogP contribution in [0.25, 0.3) is 11.2 Å². The molecule has 0 amide bonds. The normalized spacial score (nSPS) is 11.0. The first-order chi connectivity index (χ1) is 4.75. The Bertz CT molecular complexity index is 295. The van der Waals surface area contributed by atoms with Gasteiger partial charge in [-0.25, -0.2) is 0 Å². The van der Waals surface area contributed by atoms with Crippen molar-refractivity contribution in [2.24, 2.45) is 0 Å². The van der Waals surface area contributed by atoms with Crippen molar-refractivity contribution in [2.45, 2.75) is 6.92 Å². The molecule has 0 fully saturated rings. The Balaban J connectivity index is 2.83. The van der Waals surface area contributed by atoms with E-state index in [1.807, 2.05) is 19.1 Å². The number of fused-ring (bicyclic) bond motifs is 1. The highest BCUT2D eigenvalue weighted by Gasteiger charge is 2.04. The van der Waals surface area contributed by atoms with E-state index in [1.54, 1.807) is 0 Å². The van der Waals surface area contributed by atoms with Gasteiger partial charge in [0.2, 0.25) is 0 Å². The maximum atomic E-state index is 5.26. The van der Waals surface area contributed by atoms with E-state index in [2.05, 4.69) is 15.9 Å². The fourth-order valence-corrected chi connectivity index (χ4v) is 1.31. The minimum absolute atomic E-state index is 0.709. The number of hydrogen-bond acceptors (Lipinski definition) is 2. The number of furan rings is 2. The summed E-state index contributed by atoms with van der Waals surface area (Å²) in [4.78, 5) is 0. The van der Waals surface area contributed by atoms with Crippen LogP contribution in [-0.4, -0.2) is 0 Å². The predicted octanol–water partition coefficient (Wildman–Crippen LogP) is 3.10. The molecule has 0 aliphatic heterocycles. The summed E-state index contributed by atoms with van der Waals surface area (Å²) in [7, 11) is 0. The third kappa shape index (κ3) is 0.778. The SMILES string of the molecule is Cc1cc2oc(Br)cc2o1. The van der Waals surface area contributed by atoms with Gasteiger partial charge in [-0.2, -0.15) is 0 Å². The van der Waals surface area contributed by atoms with Crippen molar-refractivity contribution in [1.29, 1.82) is 0 Å². The third-order valence-corrected chi connectivity index (χ3v) is 1.69. The van der Waals surface area contributed by atoms with Gasteiger partial charge in [0.1, 0.15) is 5.76 Å². The average Bonchev–Trinajstić information content (AvgIpc) is 2.21. The first-order valence-corrected chi connectivity index (χ1v) is 3.70. The van der Waals surface area contributed by atoms with Gasteiger partial charge in [-0.3, -0.25) is 0 Å². The van der Waals surface area contributed by atoms with E-state index in [0.717, 1.165) is 16.9 Å². The van der Waals surface area contributed by atoms with Crippen LogP contribution >= 0.6 is 15.9 Å². The highest BCUT2D eigenvalue weighted by Crippen LogP contribution is 2.25. The van der Waals surface area contributed by atoms with Crippen molar-refractivity contribution < 1.29 is 8.83 Å². The molecule has 0 aromatic carbocycles. The molecule has 2 heterocycles. The smallest absolute Gasteiger partial charge is 0.174 e. The van der Waals surface area contributed by atoms with Crippen molar-refractivity contribution in [3.63, 3.8) is 0 Å². The zero-order valence-electron chi connectivity index (χ0n) is 5.35. The summed E-state index contributed by atoms with van der Waals surface area (Å²) in [5, 5.41) is 0. The molecule has 0 radical (unpaired) electrons. The molecule has 52 valence electrons. The first kappa shape index (κ1) is 6.04. The summed E-state index contributed by atoms with van der Waals surface area (Å²) < 4.78 is 11.2. The molecule has 0 unspecified atom stereocenters. The zero-order valence-corrected chi connectivity index (χ0v) is 6.94. The molecular formula is C7H5BrO2. The van der Waals surface area contributed by atoms with Crippen LogP contribution < -0.4 is 0 Å². The molecule has 2 aromatic heterocycles. The summed E-state index contributed by atoms with van der Waals surface area (Å²) in [6.07, 6.45) is 0. The molecule has 2 nitrogen and oxygen atoms in total. The van der Waals surface area contributed by atoms with E-state index in [4.69, 9.17) is 8.83 Å². The maximum Gasteiger partial charge on any atom is 0.174 e. The van der Waals surface area contributed by atoms with Crippen molar-refractivity contribution in [1.82, 2.24) is 0 Å². The summed E-state index contributed by atoms with van der Waals surface area (Å²) in [6.45, 7) is 1.89. The molecule has 0 saturated carbocycles. The molecule has 0 N–H and O–H groups in total. The fraction of sp³-hybridized carbons (Fsp3) is 0.143. The van der Waals surface area contributed by atoms with Gasteiger partial charge < -0.3 is 8.83 Å². The molecule has 3 heteroatoms. The highest BCUT2D eigenvalue weighted by molar-refractivity contribution is 9.10. The second kappa shape index (κ2) is 1.89. The Kier molecular flexibility index (Phi) is 1.14. The summed E-state index contributed by atoms with van der Waals surface area (Å²) in [5.41, 5.74) is 1.59. The molecule has 0 saturated heterocycles. The van der Waals surface area contributed by atoms with Crippen LogP contribution in [0.4, 0.5) is 0 Å². The van der Waals surface area contributed by atoms with Gasteiger partial charge in [-0.1, -0.05) is 0 Å². The van der Waals surface area contributed by atoms with E-state index in [1.165, 1.54) is 0 Å². The van der Waals surface area contributed by atoms with Gasteiger partial charge in [-0.05, 0) is 22.9 Å². The Morgan fingerprint density at radius 3 is 2.60 bits per heavy atom. The van der Waals surface area contributed by atoms with Crippen LogP contribution in [0.15, 0.2) is 25.6 Å². The molecule has 0 atom stereocenters. The van der Waals surface area contributed by atoms with Gasteiger partial charge in [0, 0.05) is 12.1 Å². The Morgan fingerprint density at radius 2 is 1.90 bits per heavy atom. The average molecular weight is 201 g/mol. The second-order valence-electron chi connectivity index (χ2n) is 2.14. The minimum Gasteiger partial charge on any atom is -0.458 e. The van der Waals surface area contributed by atoms with Crippen molar-refractivity contribution in [2.75, 3.05) is 0 Å². The van der Waals surface area contributed by atoms with E-state index < -0.39 is 0 Å². The van der Waals surface area contributed by atoms with Crippen molar-refractivity contribution >= 4 is 27.1 Å². The second-order valence-corrected chi connectivity index (χ2v) is 2.92. The Hall–Kier alpha value is -0.700. The van der Waals surface area contributed by atoms with Gasteiger partial charge >= 0.3 is 0 Å². The standard InChI is InChI=1S/C7H5BrO2/c1-4-2-5-6(9-4)3-7(8)10-5/h2-3H,1H3. The number of rotatable bonds is 0. The topological polar surface area (TPSA) is 26.3 Å². The van der Waals surface area contributed by atoms with Crippen molar-refractivity contribution in [3.8, 4) is 0 Å². The molecule has 10 heavy (non-hydrogen) atoms. The number of halogens is 1. The summed E-state index contributed by atoms with van der Waals surface area (Å²) in [5.74, 6) is 0.876. The van der Waals surface area contributed by atoms with Crippen LogP contribution in [0.2, 0.25) is 0 Å². The zero-order chi connectivity index (χ0) is 7.14. The van der Waals surface area contributed by atoms with E-state index in [9.17, 15) is 0 Å².